The predicted octanol–water partition coefficient (Wildman–Crippen LogP) is 6.88. The highest BCUT2D eigenvalue weighted by Gasteiger charge is 2.57. The fourth-order valence-electron chi connectivity index (χ4n) is 6.67. The van der Waals surface area contributed by atoms with Crippen LogP contribution in [-0.2, 0) is 0 Å². The minimum Gasteiger partial charge on any atom is -0.390 e. The van der Waals surface area contributed by atoms with Crippen molar-refractivity contribution in [1.82, 2.24) is 0 Å². The van der Waals surface area contributed by atoms with Crippen molar-refractivity contribution in [2.45, 2.75) is 90.8 Å². The molecule has 2 nitrogen and oxygen atoms in total. The van der Waals surface area contributed by atoms with Crippen molar-refractivity contribution in [1.29, 1.82) is 0 Å². The molecule has 2 aliphatic rings. The van der Waals surface area contributed by atoms with Gasteiger partial charge in [-0.05, 0) is 92.7 Å². The van der Waals surface area contributed by atoms with E-state index in [4.69, 9.17) is 11.6 Å². The zero-order valence-electron chi connectivity index (χ0n) is 18.8. The number of aliphatic hydroxyl groups is 2. The van der Waals surface area contributed by atoms with E-state index in [1.807, 2.05) is 50.3 Å². The van der Waals surface area contributed by atoms with Crippen molar-refractivity contribution in [2.24, 2.45) is 22.7 Å². The fraction of sp³-hybridized carbons (Fsp3) is 0.692. The molecule has 0 aromatic heterocycles. The second kappa shape index (κ2) is 8.02. The summed E-state index contributed by atoms with van der Waals surface area (Å²) in [6.07, 6.45) is 11.0. The number of rotatable bonds is 5. The zero-order valence-corrected chi connectivity index (χ0v) is 19.6. The zero-order chi connectivity index (χ0) is 21.5. The summed E-state index contributed by atoms with van der Waals surface area (Å²) in [6.45, 7) is 11.1. The summed E-state index contributed by atoms with van der Waals surface area (Å²) in [4.78, 5) is 0. The molecule has 5 atom stereocenters. The maximum Gasteiger partial charge on any atom is 0.0803 e. The molecular weight excluding hydrogens is 380 g/mol. The fourth-order valence-corrected chi connectivity index (χ4v) is 6.87. The second-order valence-electron chi connectivity index (χ2n) is 11.1. The van der Waals surface area contributed by atoms with Gasteiger partial charge in [-0.1, -0.05) is 63.1 Å². The molecule has 0 bridgehead atoms. The minimum absolute atomic E-state index is 0.135. The van der Waals surface area contributed by atoms with Gasteiger partial charge in [0.05, 0.1) is 11.2 Å². The van der Waals surface area contributed by atoms with Gasteiger partial charge in [-0.3, -0.25) is 0 Å². The van der Waals surface area contributed by atoms with Crippen LogP contribution < -0.4 is 0 Å². The smallest absolute Gasteiger partial charge is 0.0803 e. The molecule has 3 heteroatoms. The van der Waals surface area contributed by atoms with E-state index in [9.17, 15) is 10.2 Å². The molecule has 0 saturated heterocycles. The molecular formula is C26H39ClO2. The van der Waals surface area contributed by atoms with Crippen LogP contribution in [0.4, 0.5) is 0 Å². The van der Waals surface area contributed by atoms with E-state index in [2.05, 4.69) is 20.8 Å². The van der Waals surface area contributed by atoms with Crippen LogP contribution in [0.15, 0.2) is 30.3 Å². The second-order valence-corrected chi connectivity index (χ2v) is 11.6. The van der Waals surface area contributed by atoms with Gasteiger partial charge in [0.1, 0.15) is 0 Å². The SMILES string of the molecule is CC1(C)CCC[C@]2(C)C(CC[C@@](C)(O)/C=C/c3cccc(Cl)c3)[C@](C)(O)CC[C@@H]12. The van der Waals surface area contributed by atoms with Crippen molar-refractivity contribution >= 4 is 17.7 Å². The van der Waals surface area contributed by atoms with E-state index in [0.717, 1.165) is 24.8 Å². The molecule has 0 aliphatic heterocycles. The maximum atomic E-state index is 11.3. The average Bonchev–Trinajstić information content (AvgIpc) is 2.58. The molecule has 2 saturated carbocycles. The summed E-state index contributed by atoms with van der Waals surface area (Å²) in [7, 11) is 0. The van der Waals surface area contributed by atoms with Gasteiger partial charge in [0, 0.05) is 5.02 Å². The van der Waals surface area contributed by atoms with Crippen molar-refractivity contribution in [3.05, 3.63) is 40.9 Å². The lowest BCUT2D eigenvalue weighted by atomic mass is 9.45. The molecule has 2 aliphatic carbocycles. The molecule has 162 valence electrons. The molecule has 0 amide bonds. The van der Waals surface area contributed by atoms with Crippen molar-refractivity contribution in [2.75, 3.05) is 0 Å². The normalized spacial score (nSPS) is 36.6. The molecule has 29 heavy (non-hydrogen) atoms. The number of hydrogen-bond acceptors (Lipinski definition) is 2. The molecule has 0 spiro atoms. The summed E-state index contributed by atoms with van der Waals surface area (Å²) in [5.74, 6) is 0.847. The molecule has 1 aromatic carbocycles. The predicted molar refractivity (Wildman–Crippen MR) is 123 cm³/mol. The lowest BCUT2D eigenvalue weighted by Gasteiger charge is -2.61. The third kappa shape index (κ3) is 4.92. The van der Waals surface area contributed by atoms with Gasteiger partial charge >= 0.3 is 0 Å². The Labute approximate surface area is 182 Å². The molecule has 0 heterocycles. The maximum absolute atomic E-state index is 11.3. The van der Waals surface area contributed by atoms with Gasteiger partial charge in [-0.2, -0.15) is 0 Å². The highest BCUT2D eigenvalue weighted by atomic mass is 35.5. The Hall–Kier alpha value is -0.830. The lowest BCUT2D eigenvalue weighted by molar-refractivity contribution is -0.171. The van der Waals surface area contributed by atoms with Crippen LogP contribution in [0.5, 0.6) is 0 Å². The number of fused-ring (bicyclic) bond motifs is 1. The van der Waals surface area contributed by atoms with Gasteiger partial charge in [0.2, 0.25) is 0 Å². The Bertz CT molecular complexity index is 749. The van der Waals surface area contributed by atoms with Crippen LogP contribution in [0, 0.1) is 22.7 Å². The summed E-state index contributed by atoms with van der Waals surface area (Å²) < 4.78 is 0. The van der Waals surface area contributed by atoms with E-state index in [-0.39, 0.29) is 11.3 Å². The van der Waals surface area contributed by atoms with Crippen LogP contribution in [0.1, 0.15) is 85.1 Å². The first-order chi connectivity index (χ1) is 13.4. The summed E-state index contributed by atoms with van der Waals surface area (Å²) in [5.41, 5.74) is -0.117. The number of benzene rings is 1. The first kappa shape index (κ1) is 22.8. The summed E-state index contributed by atoms with van der Waals surface area (Å²) in [6, 6.07) is 7.66. The van der Waals surface area contributed by atoms with E-state index >= 15 is 0 Å². The van der Waals surface area contributed by atoms with Crippen LogP contribution in [0.2, 0.25) is 5.02 Å². The Kier molecular flexibility index (Phi) is 6.32. The molecule has 1 unspecified atom stereocenters. The lowest BCUT2D eigenvalue weighted by Crippen LogP contribution is -2.57. The third-order valence-electron chi connectivity index (χ3n) is 8.18. The van der Waals surface area contributed by atoms with Crippen LogP contribution in [-0.4, -0.2) is 21.4 Å². The van der Waals surface area contributed by atoms with E-state index in [0.29, 0.717) is 22.8 Å². The Balaban J connectivity index is 1.76. The third-order valence-corrected chi connectivity index (χ3v) is 8.42. The van der Waals surface area contributed by atoms with Crippen molar-refractivity contribution < 1.29 is 10.2 Å². The molecule has 3 rings (SSSR count). The Morgan fingerprint density at radius 1 is 1.17 bits per heavy atom. The monoisotopic (exact) mass is 418 g/mol. The molecule has 0 radical (unpaired) electrons. The highest BCUT2D eigenvalue weighted by Crippen LogP contribution is 2.63. The molecule has 2 N–H and O–H groups in total. The van der Waals surface area contributed by atoms with Gasteiger partial charge in [0.25, 0.3) is 0 Å². The van der Waals surface area contributed by atoms with E-state index in [1.54, 1.807) is 0 Å². The first-order valence-corrected chi connectivity index (χ1v) is 11.6. The van der Waals surface area contributed by atoms with Crippen molar-refractivity contribution in [3.8, 4) is 0 Å². The number of halogens is 1. The minimum atomic E-state index is -0.911. The van der Waals surface area contributed by atoms with Gasteiger partial charge in [0.15, 0.2) is 0 Å². The molecule has 2 fully saturated rings. The van der Waals surface area contributed by atoms with Crippen LogP contribution >= 0.6 is 11.6 Å². The molecule has 1 aromatic rings. The van der Waals surface area contributed by atoms with E-state index < -0.39 is 11.2 Å². The standard InChI is InChI=1S/C26H39ClO2/c1-23(2)13-7-14-25(4)21(23)12-17-26(5,29)22(25)11-16-24(3,28)15-10-19-8-6-9-20(27)18-19/h6,8-10,15,18,21-22,28-29H,7,11-14,16-17H2,1-5H3/b15-10+/t21-,22?,24-,25-,26+/m0/s1. The summed E-state index contributed by atoms with van der Waals surface area (Å²) in [5, 5.41) is 23.1. The quantitative estimate of drug-likeness (QED) is 0.547. The highest BCUT2D eigenvalue weighted by molar-refractivity contribution is 6.30. The van der Waals surface area contributed by atoms with Gasteiger partial charge in [-0.25, -0.2) is 0 Å². The van der Waals surface area contributed by atoms with E-state index in [1.165, 1.54) is 19.3 Å². The Morgan fingerprint density at radius 2 is 1.90 bits per heavy atom. The summed E-state index contributed by atoms with van der Waals surface area (Å²) >= 11 is 6.07. The first-order valence-electron chi connectivity index (χ1n) is 11.3. The number of hydrogen-bond donors (Lipinski definition) is 2. The average molecular weight is 419 g/mol. The van der Waals surface area contributed by atoms with Crippen LogP contribution in [0.25, 0.3) is 6.08 Å². The van der Waals surface area contributed by atoms with Crippen molar-refractivity contribution in [3.63, 3.8) is 0 Å². The largest absolute Gasteiger partial charge is 0.390 e. The van der Waals surface area contributed by atoms with Gasteiger partial charge in [-0.15, -0.1) is 0 Å². The van der Waals surface area contributed by atoms with Crippen LogP contribution in [0.3, 0.4) is 0 Å². The van der Waals surface area contributed by atoms with Gasteiger partial charge < -0.3 is 10.2 Å². The topological polar surface area (TPSA) is 40.5 Å². The Morgan fingerprint density at radius 3 is 2.59 bits per heavy atom.